The van der Waals surface area contributed by atoms with Crippen LogP contribution >= 0.6 is 0 Å². The van der Waals surface area contributed by atoms with Crippen LogP contribution in [0, 0.1) is 11.8 Å². The summed E-state index contributed by atoms with van der Waals surface area (Å²) in [5.74, 6) is 1.03. The van der Waals surface area contributed by atoms with Gasteiger partial charge in [-0.25, -0.2) is 4.98 Å². The molecule has 1 aromatic heterocycles. The minimum absolute atomic E-state index is 0.0166. The number of imidazole rings is 1. The topological polar surface area (TPSA) is 79.6 Å². The Bertz CT molecular complexity index is 820. The molecule has 2 atom stereocenters. The van der Waals surface area contributed by atoms with Crippen molar-refractivity contribution in [2.45, 2.75) is 45.7 Å². The van der Waals surface area contributed by atoms with Gasteiger partial charge in [-0.05, 0) is 43.2 Å². The Morgan fingerprint density at radius 3 is 2.87 bits per heavy atom. The normalized spacial score (nSPS) is 19.5. The molecule has 0 spiro atoms. The van der Waals surface area contributed by atoms with Gasteiger partial charge in [-0.2, -0.15) is 0 Å². The number of hydrogen-bond donors (Lipinski definition) is 2. The Hall–Kier alpha value is -1.96. The maximum absolute atomic E-state index is 13.8. The molecule has 0 bridgehead atoms. The van der Waals surface area contributed by atoms with Crippen LogP contribution in [0.5, 0.6) is 0 Å². The second-order valence-electron chi connectivity index (χ2n) is 8.72. The standard InChI is InChI=1S/C23H36N4O3/c1-17(2)15-27(19-12-18(16-28)13-24-14-19)23(29)22-25-20-8-4-5-9-21(20)26(22)10-6-7-11-30-3/h4-5,8-9,17-19,24,28H,6-7,10-16H2,1-3H3/t18-,19+/m1/s1. The van der Waals surface area contributed by atoms with Crippen molar-refractivity contribution >= 4 is 16.9 Å². The molecule has 1 aromatic carbocycles. The first-order valence-electron chi connectivity index (χ1n) is 11.1. The first-order chi connectivity index (χ1) is 14.5. The van der Waals surface area contributed by atoms with E-state index in [4.69, 9.17) is 9.72 Å². The summed E-state index contributed by atoms with van der Waals surface area (Å²) in [4.78, 5) is 20.5. The Labute approximate surface area is 179 Å². The van der Waals surface area contributed by atoms with Crippen LogP contribution in [0.1, 0.15) is 43.7 Å². The van der Waals surface area contributed by atoms with E-state index in [0.29, 0.717) is 24.9 Å². The van der Waals surface area contributed by atoms with Crippen LogP contribution in [0.25, 0.3) is 11.0 Å². The van der Waals surface area contributed by atoms with Crippen molar-refractivity contribution in [2.24, 2.45) is 11.8 Å². The van der Waals surface area contributed by atoms with Gasteiger partial charge in [0.25, 0.3) is 5.91 Å². The summed E-state index contributed by atoms with van der Waals surface area (Å²) in [6.45, 7) is 8.09. The van der Waals surface area contributed by atoms with E-state index in [9.17, 15) is 9.90 Å². The van der Waals surface area contributed by atoms with Crippen molar-refractivity contribution in [3.63, 3.8) is 0 Å². The van der Waals surface area contributed by atoms with Gasteiger partial charge in [-0.1, -0.05) is 26.0 Å². The number of aryl methyl sites for hydroxylation is 1. The molecular formula is C23H36N4O3. The summed E-state index contributed by atoms with van der Waals surface area (Å²) < 4.78 is 7.25. The number of benzene rings is 1. The van der Waals surface area contributed by atoms with Gasteiger partial charge in [0.1, 0.15) is 0 Å². The molecule has 0 aliphatic carbocycles. The molecule has 0 saturated carbocycles. The number of carbonyl (C=O) groups is 1. The fourth-order valence-electron chi connectivity index (χ4n) is 4.28. The second-order valence-corrected chi connectivity index (χ2v) is 8.72. The van der Waals surface area contributed by atoms with Gasteiger partial charge in [-0.3, -0.25) is 4.79 Å². The molecule has 2 aromatic rings. The quantitative estimate of drug-likeness (QED) is 0.582. The van der Waals surface area contributed by atoms with Crippen LogP contribution in [0.2, 0.25) is 0 Å². The predicted molar refractivity (Wildman–Crippen MR) is 119 cm³/mol. The van der Waals surface area contributed by atoms with E-state index >= 15 is 0 Å². The average molecular weight is 417 g/mol. The van der Waals surface area contributed by atoms with E-state index in [1.807, 2.05) is 29.2 Å². The number of fused-ring (bicyclic) bond motifs is 1. The summed E-state index contributed by atoms with van der Waals surface area (Å²) >= 11 is 0. The highest BCUT2D eigenvalue weighted by molar-refractivity contribution is 5.95. The van der Waals surface area contributed by atoms with E-state index in [0.717, 1.165) is 49.9 Å². The molecule has 30 heavy (non-hydrogen) atoms. The molecule has 0 radical (unpaired) electrons. The number of ether oxygens (including phenoxy) is 1. The highest BCUT2D eigenvalue weighted by Crippen LogP contribution is 2.23. The molecule has 2 N–H and O–H groups in total. The zero-order valence-corrected chi connectivity index (χ0v) is 18.5. The molecule has 1 saturated heterocycles. The van der Waals surface area contributed by atoms with E-state index in [1.165, 1.54) is 0 Å². The zero-order chi connectivity index (χ0) is 21.5. The van der Waals surface area contributed by atoms with Crippen LogP contribution < -0.4 is 5.32 Å². The van der Waals surface area contributed by atoms with Crippen LogP contribution in [-0.2, 0) is 11.3 Å². The lowest BCUT2D eigenvalue weighted by Crippen LogP contribution is -2.53. The minimum atomic E-state index is -0.0166. The predicted octanol–water partition coefficient (Wildman–Crippen LogP) is 2.53. The highest BCUT2D eigenvalue weighted by Gasteiger charge is 2.32. The number of carbonyl (C=O) groups excluding carboxylic acids is 1. The Morgan fingerprint density at radius 2 is 2.13 bits per heavy atom. The van der Waals surface area contributed by atoms with Crippen LogP contribution in [-0.4, -0.2) is 71.5 Å². The van der Waals surface area contributed by atoms with Gasteiger partial charge in [0, 0.05) is 52.5 Å². The number of hydrogen-bond acceptors (Lipinski definition) is 5. The Kier molecular flexibility index (Phi) is 8.24. The summed E-state index contributed by atoms with van der Waals surface area (Å²) in [7, 11) is 1.71. The first-order valence-corrected chi connectivity index (χ1v) is 11.1. The monoisotopic (exact) mass is 416 g/mol. The molecular weight excluding hydrogens is 380 g/mol. The molecule has 1 aliphatic rings. The number of aromatic nitrogens is 2. The molecule has 166 valence electrons. The molecule has 3 rings (SSSR count). The minimum Gasteiger partial charge on any atom is -0.396 e. The molecule has 1 amide bonds. The maximum atomic E-state index is 13.8. The third-order valence-electron chi connectivity index (χ3n) is 5.77. The number of rotatable bonds is 10. The molecule has 1 fully saturated rings. The number of aliphatic hydroxyl groups is 1. The third-order valence-corrected chi connectivity index (χ3v) is 5.77. The first kappa shape index (κ1) is 22.7. The molecule has 7 heteroatoms. The maximum Gasteiger partial charge on any atom is 0.290 e. The van der Waals surface area contributed by atoms with Gasteiger partial charge < -0.3 is 24.6 Å². The van der Waals surface area contributed by atoms with Crippen molar-refractivity contribution in [3.05, 3.63) is 30.1 Å². The number of methoxy groups -OCH3 is 1. The molecule has 2 heterocycles. The number of piperidine rings is 1. The number of aliphatic hydroxyl groups excluding tert-OH is 1. The molecule has 7 nitrogen and oxygen atoms in total. The lowest BCUT2D eigenvalue weighted by molar-refractivity contribution is 0.0537. The average Bonchev–Trinajstić information content (AvgIpc) is 3.13. The fraction of sp³-hybridized carbons (Fsp3) is 0.652. The lowest BCUT2D eigenvalue weighted by atomic mass is 9.94. The van der Waals surface area contributed by atoms with Crippen LogP contribution in [0.3, 0.4) is 0 Å². The number of para-hydroxylation sites is 2. The summed E-state index contributed by atoms with van der Waals surface area (Å²) in [5.41, 5.74) is 1.85. The van der Waals surface area contributed by atoms with Gasteiger partial charge in [-0.15, -0.1) is 0 Å². The zero-order valence-electron chi connectivity index (χ0n) is 18.5. The van der Waals surface area contributed by atoms with Crippen molar-refractivity contribution in [1.82, 2.24) is 19.8 Å². The summed E-state index contributed by atoms with van der Waals surface area (Å²) in [5, 5.41) is 13.0. The van der Waals surface area contributed by atoms with E-state index in [1.54, 1.807) is 7.11 Å². The van der Waals surface area contributed by atoms with Crippen molar-refractivity contribution in [3.8, 4) is 0 Å². The van der Waals surface area contributed by atoms with E-state index < -0.39 is 0 Å². The fourth-order valence-corrected chi connectivity index (χ4v) is 4.28. The third kappa shape index (κ3) is 5.39. The van der Waals surface area contributed by atoms with Crippen LogP contribution in [0.4, 0.5) is 0 Å². The van der Waals surface area contributed by atoms with Crippen molar-refractivity contribution < 1.29 is 14.6 Å². The SMILES string of the molecule is COCCCCn1c(C(=O)N(CC(C)C)[C@@H]2CNC[C@H](CO)C2)nc2ccccc21. The van der Waals surface area contributed by atoms with E-state index in [2.05, 4.69) is 23.7 Å². The Morgan fingerprint density at radius 1 is 1.33 bits per heavy atom. The molecule has 1 aliphatic heterocycles. The Balaban J connectivity index is 1.91. The summed E-state index contributed by atoms with van der Waals surface area (Å²) in [6.07, 6.45) is 2.68. The highest BCUT2D eigenvalue weighted by atomic mass is 16.5. The van der Waals surface area contributed by atoms with Crippen molar-refractivity contribution in [2.75, 3.05) is 40.0 Å². The number of amides is 1. The number of unbranched alkanes of at least 4 members (excludes halogenated alkanes) is 1. The number of nitrogens with zero attached hydrogens (tertiary/aromatic N) is 3. The van der Waals surface area contributed by atoms with Gasteiger partial charge in [0.2, 0.25) is 0 Å². The van der Waals surface area contributed by atoms with Crippen molar-refractivity contribution in [1.29, 1.82) is 0 Å². The number of nitrogens with one attached hydrogen (secondary N) is 1. The van der Waals surface area contributed by atoms with E-state index in [-0.39, 0.29) is 24.5 Å². The van der Waals surface area contributed by atoms with Gasteiger partial charge in [0.15, 0.2) is 5.82 Å². The van der Waals surface area contributed by atoms with Gasteiger partial charge >= 0.3 is 0 Å². The van der Waals surface area contributed by atoms with Gasteiger partial charge in [0.05, 0.1) is 11.0 Å². The largest absolute Gasteiger partial charge is 0.396 e. The smallest absolute Gasteiger partial charge is 0.290 e. The summed E-state index contributed by atoms with van der Waals surface area (Å²) in [6, 6.07) is 8.02. The second kappa shape index (κ2) is 10.9. The lowest BCUT2D eigenvalue weighted by Gasteiger charge is -2.38. The van der Waals surface area contributed by atoms with Crippen LogP contribution in [0.15, 0.2) is 24.3 Å². The molecule has 0 unspecified atom stereocenters.